The van der Waals surface area contributed by atoms with Crippen molar-refractivity contribution in [2.75, 3.05) is 13.1 Å². The minimum atomic E-state index is -0.355. The van der Waals surface area contributed by atoms with Gasteiger partial charge in [-0.2, -0.15) is 5.26 Å². The fourth-order valence-electron chi connectivity index (χ4n) is 7.34. The molecule has 2 aromatic heterocycles. The number of carbonyl (C=O) groups excluding carboxylic acids is 2. The summed E-state index contributed by atoms with van der Waals surface area (Å²) < 4.78 is 32.6. The highest BCUT2D eigenvalue weighted by Gasteiger charge is 2.27. The molecule has 0 bridgehead atoms. The van der Waals surface area contributed by atoms with Crippen molar-refractivity contribution in [3.8, 4) is 28.3 Å². The standard InChI is InChI=1S/C22H23FN2O.C19H14FN3O/c1-13-17-11-16(23)12-18(14-5-7-15(8-6-14)22(2,3)4)20(17)25-10-9-24-21(26)19(13)25;1-11-15-8-14(20)9-16(13-4-2-3-12(7-13)10-21)18(15)23-6-5-22-19(24)17(11)23/h5-8,11-12H,9-10H2,1-4H3,(H,24,26);2-4,7-9H,5-6H2,1H3,(H,22,24). The summed E-state index contributed by atoms with van der Waals surface area (Å²) >= 11 is 0. The average molecular weight is 670 g/mol. The normalized spacial score (nSPS) is 14.0. The van der Waals surface area contributed by atoms with Gasteiger partial charge < -0.3 is 19.8 Å². The van der Waals surface area contributed by atoms with Crippen LogP contribution in [0.15, 0.2) is 72.8 Å². The summed E-state index contributed by atoms with van der Waals surface area (Å²) in [6.07, 6.45) is 0. The Morgan fingerprint density at radius 2 is 1.20 bits per heavy atom. The highest BCUT2D eigenvalue weighted by atomic mass is 19.1. The Labute approximate surface area is 289 Å². The molecule has 0 unspecified atom stereocenters. The van der Waals surface area contributed by atoms with Gasteiger partial charge in [0.1, 0.15) is 23.0 Å². The van der Waals surface area contributed by atoms with Crippen molar-refractivity contribution in [2.24, 2.45) is 0 Å². The minimum absolute atomic E-state index is 0.0681. The van der Waals surface area contributed by atoms with Crippen molar-refractivity contribution >= 4 is 33.6 Å². The lowest BCUT2D eigenvalue weighted by Crippen LogP contribution is -2.35. The molecule has 4 aromatic carbocycles. The number of carbonyl (C=O) groups is 2. The topological polar surface area (TPSA) is 91.8 Å². The first-order chi connectivity index (χ1) is 23.9. The monoisotopic (exact) mass is 669 g/mol. The Kier molecular flexibility index (Phi) is 8.06. The minimum Gasteiger partial charge on any atom is -0.349 e. The third-order valence-electron chi connectivity index (χ3n) is 9.78. The summed E-state index contributed by atoms with van der Waals surface area (Å²) in [4.78, 5) is 24.6. The first-order valence-corrected chi connectivity index (χ1v) is 16.7. The summed E-state index contributed by atoms with van der Waals surface area (Å²) in [5.74, 6) is -0.850. The summed E-state index contributed by atoms with van der Waals surface area (Å²) in [7, 11) is 0. The fourth-order valence-corrected chi connectivity index (χ4v) is 7.34. The Balaban J connectivity index is 0.000000157. The maximum absolute atomic E-state index is 14.4. The lowest BCUT2D eigenvalue weighted by Gasteiger charge is -2.20. The number of halogens is 2. The van der Waals surface area contributed by atoms with Crippen LogP contribution in [0.25, 0.3) is 44.1 Å². The van der Waals surface area contributed by atoms with Gasteiger partial charge in [0.15, 0.2) is 0 Å². The molecule has 0 atom stereocenters. The molecule has 9 heteroatoms. The molecule has 0 aliphatic carbocycles. The van der Waals surface area contributed by atoms with Crippen LogP contribution in [0.2, 0.25) is 0 Å². The van der Waals surface area contributed by atoms with E-state index in [1.807, 2.05) is 41.2 Å². The highest BCUT2D eigenvalue weighted by molar-refractivity contribution is 6.07. The maximum atomic E-state index is 14.4. The van der Waals surface area contributed by atoms with Crippen LogP contribution in [-0.2, 0) is 18.5 Å². The molecule has 252 valence electrons. The molecule has 0 radical (unpaired) electrons. The zero-order valence-electron chi connectivity index (χ0n) is 28.7. The van der Waals surface area contributed by atoms with Gasteiger partial charge in [0.25, 0.3) is 11.8 Å². The zero-order chi connectivity index (χ0) is 35.5. The molecule has 0 fully saturated rings. The Morgan fingerprint density at radius 3 is 1.68 bits per heavy atom. The molecule has 0 spiro atoms. The van der Waals surface area contributed by atoms with E-state index < -0.39 is 0 Å². The van der Waals surface area contributed by atoms with Crippen LogP contribution in [0.3, 0.4) is 0 Å². The lowest BCUT2D eigenvalue weighted by molar-refractivity contribution is 0.0920. The predicted molar refractivity (Wildman–Crippen MR) is 192 cm³/mol. The lowest BCUT2D eigenvalue weighted by atomic mass is 9.86. The van der Waals surface area contributed by atoms with Crippen LogP contribution < -0.4 is 10.6 Å². The number of hydrogen-bond acceptors (Lipinski definition) is 3. The second-order valence-electron chi connectivity index (χ2n) is 14.0. The number of fused-ring (bicyclic) bond motifs is 6. The molecule has 4 heterocycles. The van der Waals surface area contributed by atoms with Crippen molar-refractivity contribution in [3.63, 3.8) is 0 Å². The van der Waals surface area contributed by atoms with Crippen molar-refractivity contribution in [1.82, 2.24) is 19.8 Å². The molecular formula is C41H37F2N5O2. The summed E-state index contributed by atoms with van der Waals surface area (Å²) in [5.41, 5.74) is 9.72. The van der Waals surface area contributed by atoms with E-state index in [0.29, 0.717) is 48.7 Å². The predicted octanol–water partition coefficient (Wildman–Crippen LogP) is 8.17. The van der Waals surface area contributed by atoms with Crippen molar-refractivity contribution in [2.45, 2.75) is 53.1 Å². The van der Waals surface area contributed by atoms with Gasteiger partial charge in [-0.15, -0.1) is 0 Å². The van der Waals surface area contributed by atoms with Crippen LogP contribution >= 0.6 is 0 Å². The molecular weight excluding hydrogens is 632 g/mol. The van der Waals surface area contributed by atoms with Gasteiger partial charge in [-0.1, -0.05) is 57.2 Å². The third-order valence-corrected chi connectivity index (χ3v) is 9.78. The number of aryl methyl sites for hydroxylation is 2. The van der Waals surface area contributed by atoms with Gasteiger partial charge in [0, 0.05) is 48.1 Å². The van der Waals surface area contributed by atoms with Crippen molar-refractivity contribution in [3.05, 3.63) is 118 Å². The molecule has 8 rings (SSSR count). The molecule has 0 saturated heterocycles. The van der Waals surface area contributed by atoms with Crippen LogP contribution in [-0.4, -0.2) is 34.0 Å². The van der Waals surface area contributed by atoms with E-state index in [4.69, 9.17) is 5.26 Å². The molecule has 0 saturated carbocycles. The van der Waals surface area contributed by atoms with E-state index in [2.05, 4.69) is 49.6 Å². The van der Waals surface area contributed by atoms with E-state index in [1.54, 1.807) is 24.3 Å². The summed E-state index contributed by atoms with van der Waals surface area (Å²) in [6.45, 7) is 12.7. The van der Waals surface area contributed by atoms with Gasteiger partial charge in [0.2, 0.25) is 0 Å². The molecule has 7 nitrogen and oxygen atoms in total. The molecule has 50 heavy (non-hydrogen) atoms. The fraction of sp³-hybridized carbons (Fsp3) is 0.244. The van der Waals surface area contributed by atoms with Crippen molar-refractivity contribution < 1.29 is 18.4 Å². The van der Waals surface area contributed by atoms with Gasteiger partial charge in [-0.25, -0.2) is 8.78 Å². The quantitative estimate of drug-likeness (QED) is 0.195. The number of hydrogen-bond donors (Lipinski definition) is 2. The number of benzene rings is 4. The number of nitriles is 1. The van der Waals surface area contributed by atoms with Gasteiger partial charge in [0.05, 0.1) is 22.7 Å². The number of rotatable bonds is 2. The Morgan fingerprint density at radius 1 is 0.700 bits per heavy atom. The number of nitrogens with one attached hydrogen (secondary N) is 2. The summed E-state index contributed by atoms with van der Waals surface area (Å²) in [5, 5.41) is 16.4. The summed E-state index contributed by atoms with van der Waals surface area (Å²) in [6, 6.07) is 23.6. The molecule has 2 N–H and O–H groups in total. The maximum Gasteiger partial charge on any atom is 0.268 e. The Bertz CT molecular complexity index is 2410. The van der Waals surface area contributed by atoms with Crippen molar-refractivity contribution in [1.29, 1.82) is 5.26 Å². The van der Waals surface area contributed by atoms with E-state index in [9.17, 15) is 18.4 Å². The van der Waals surface area contributed by atoms with Crippen LogP contribution in [0.1, 0.15) is 64.0 Å². The van der Waals surface area contributed by atoms with Gasteiger partial charge in [-0.3, -0.25) is 9.59 Å². The second-order valence-corrected chi connectivity index (χ2v) is 14.0. The smallest absolute Gasteiger partial charge is 0.268 e. The number of nitrogens with zero attached hydrogens (tertiary/aromatic N) is 3. The van der Waals surface area contributed by atoms with E-state index in [0.717, 1.165) is 49.6 Å². The number of amides is 2. The average Bonchev–Trinajstić information content (AvgIpc) is 3.55. The van der Waals surface area contributed by atoms with Gasteiger partial charge >= 0.3 is 0 Å². The van der Waals surface area contributed by atoms with Gasteiger partial charge in [-0.05, 0) is 83.5 Å². The largest absolute Gasteiger partial charge is 0.349 e. The van der Waals surface area contributed by atoms with E-state index in [-0.39, 0.29) is 28.9 Å². The first-order valence-electron chi connectivity index (χ1n) is 16.7. The van der Waals surface area contributed by atoms with E-state index >= 15 is 0 Å². The molecule has 2 aliphatic rings. The second kappa shape index (κ2) is 12.3. The third kappa shape index (κ3) is 5.51. The first kappa shape index (κ1) is 32.8. The molecule has 2 aliphatic heterocycles. The zero-order valence-corrected chi connectivity index (χ0v) is 28.7. The van der Waals surface area contributed by atoms with E-state index in [1.165, 1.54) is 23.8 Å². The SMILES string of the molecule is Cc1c2n(c3c(-c4ccc(C(C)(C)C)cc4)cc(F)cc13)CCNC2=O.Cc1c2n(c3c(-c4cccc(C#N)c4)cc(F)cc13)CCNC2=O. The number of aromatic nitrogens is 2. The van der Waals surface area contributed by atoms with Crippen LogP contribution in [0.4, 0.5) is 8.78 Å². The Hall–Kier alpha value is -5.75. The van der Waals surface area contributed by atoms with Crippen LogP contribution in [0.5, 0.6) is 0 Å². The van der Waals surface area contributed by atoms with Crippen LogP contribution in [0, 0.1) is 36.8 Å². The highest BCUT2D eigenvalue weighted by Crippen LogP contribution is 2.38. The molecule has 2 amide bonds. The molecule has 6 aromatic rings.